The fourth-order valence-corrected chi connectivity index (χ4v) is 1.73. The molecule has 0 aromatic heterocycles. The van der Waals surface area contributed by atoms with E-state index in [1.165, 1.54) is 31.4 Å². The Balaban J connectivity index is 2.96. The van der Waals surface area contributed by atoms with Gasteiger partial charge in [0.05, 0.1) is 4.90 Å². The van der Waals surface area contributed by atoms with Gasteiger partial charge in [-0.25, -0.2) is 8.42 Å². The highest BCUT2D eigenvalue weighted by Crippen LogP contribution is 2.10. The zero-order valence-corrected chi connectivity index (χ0v) is 9.37. The average molecular weight is 228 g/mol. The number of hydrogen-bond donors (Lipinski definition) is 0. The summed E-state index contributed by atoms with van der Waals surface area (Å²) in [6, 6.07) is 5.80. The fourth-order valence-electron chi connectivity index (χ4n) is 1.10. The number of ketones is 1. The largest absolute Gasteiger partial charge is 0.377 e. The Morgan fingerprint density at radius 1 is 1.27 bits per heavy atom. The van der Waals surface area contributed by atoms with Crippen LogP contribution in [0.4, 0.5) is 0 Å². The minimum absolute atomic E-state index is 0.00176. The van der Waals surface area contributed by atoms with Gasteiger partial charge in [-0.05, 0) is 12.1 Å². The van der Waals surface area contributed by atoms with Crippen LogP contribution in [0.1, 0.15) is 10.4 Å². The van der Waals surface area contributed by atoms with Crippen molar-refractivity contribution in [3.05, 3.63) is 29.8 Å². The Bertz CT molecular complexity index is 445. The summed E-state index contributed by atoms with van der Waals surface area (Å²) in [7, 11) is -1.77. The van der Waals surface area contributed by atoms with E-state index in [4.69, 9.17) is 0 Å². The molecule has 0 saturated heterocycles. The molecule has 0 radical (unpaired) electrons. The molecule has 0 saturated carbocycles. The highest BCUT2D eigenvalue weighted by molar-refractivity contribution is 7.90. The predicted octanol–water partition coefficient (Wildman–Crippen LogP) is 0.919. The summed E-state index contributed by atoms with van der Waals surface area (Å²) < 4.78 is 26.9. The van der Waals surface area contributed by atoms with E-state index in [1.807, 2.05) is 0 Å². The Labute approximate surface area is 88.8 Å². The van der Waals surface area contributed by atoms with Crippen molar-refractivity contribution in [2.45, 2.75) is 4.90 Å². The van der Waals surface area contributed by atoms with Gasteiger partial charge >= 0.3 is 0 Å². The SMILES string of the molecule is COCC(=O)c1ccc(S(C)(=O)=O)cc1. The normalized spacial score (nSPS) is 11.3. The van der Waals surface area contributed by atoms with Crippen molar-refractivity contribution in [3.63, 3.8) is 0 Å². The molecule has 0 unspecified atom stereocenters. The number of sulfone groups is 1. The third-order valence-corrected chi connectivity index (χ3v) is 3.01. The lowest BCUT2D eigenvalue weighted by molar-refractivity contribution is 0.0848. The van der Waals surface area contributed by atoms with Crippen molar-refractivity contribution in [2.75, 3.05) is 20.0 Å². The van der Waals surface area contributed by atoms with Gasteiger partial charge in [0.2, 0.25) is 0 Å². The summed E-state index contributed by atoms with van der Waals surface area (Å²) in [6.45, 7) is -0.00176. The molecule has 0 amide bonds. The first-order valence-electron chi connectivity index (χ1n) is 4.27. The maximum atomic E-state index is 11.3. The summed E-state index contributed by atoms with van der Waals surface area (Å²) in [5, 5.41) is 0. The average Bonchev–Trinajstić information content (AvgIpc) is 2.17. The van der Waals surface area contributed by atoms with Gasteiger partial charge in [-0.2, -0.15) is 0 Å². The number of Topliss-reactive ketones (excluding diaryl/α,β-unsaturated/α-hetero) is 1. The molecule has 82 valence electrons. The number of ether oxygens (including phenoxy) is 1. The topological polar surface area (TPSA) is 60.4 Å². The van der Waals surface area contributed by atoms with Crippen LogP contribution in [0.3, 0.4) is 0 Å². The van der Waals surface area contributed by atoms with Crippen molar-refractivity contribution in [3.8, 4) is 0 Å². The van der Waals surface area contributed by atoms with E-state index in [0.29, 0.717) is 5.56 Å². The van der Waals surface area contributed by atoms with Crippen LogP contribution in [0.25, 0.3) is 0 Å². The standard InChI is InChI=1S/C10H12O4S/c1-14-7-10(11)8-3-5-9(6-4-8)15(2,12)13/h3-6H,7H2,1-2H3. The van der Waals surface area contributed by atoms with Crippen LogP contribution in [0.5, 0.6) is 0 Å². The number of carbonyl (C=O) groups is 1. The maximum absolute atomic E-state index is 11.3. The zero-order valence-electron chi connectivity index (χ0n) is 8.56. The minimum atomic E-state index is -3.20. The molecule has 1 aromatic carbocycles. The zero-order chi connectivity index (χ0) is 11.5. The van der Waals surface area contributed by atoms with Gasteiger partial charge < -0.3 is 4.74 Å². The van der Waals surface area contributed by atoms with Crippen molar-refractivity contribution < 1.29 is 17.9 Å². The van der Waals surface area contributed by atoms with E-state index >= 15 is 0 Å². The van der Waals surface area contributed by atoms with E-state index in [-0.39, 0.29) is 17.3 Å². The Morgan fingerprint density at radius 2 is 1.80 bits per heavy atom. The Morgan fingerprint density at radius 3 is 2.20 bits per heavy atom. The van der Waals surface area contributed by atoms with Gasteiger partial charge in [-0.3, -0.25) is 4.79 Å². The molecule has 0 bridgehead atoms. The first-order chi connectivity index (χ1) is 6.95. The van der Waals surface area contributed by atoms with Gasteiger partial charge in [0.25, 0.3) is 0 Å². The van der Waals surface area contributed by atoms with Crippen molar-refractivity contribution in [2.24, 2.45) is 0 Å². The first kappa shape index (κ1) is 11.9. The molecule has 4 nitrogen and oxygen atoms in total. The molecular weight excluding hydrogens is 216 g/mol. The van der Waals surface area contributed by atoms with E-state index in [9.17, 15) is 13.2 Å². The highest BCUT2D eigenvalue weighted by atomic mass is 32.2. The molecule has 0 aliphatic rings. The van der Waals surface area contributed by atoms with Gasteiger partial charge in [-0.15, -0.1) is 0 Å². The van der Waals surface area contributed by atoms with E-state index in [1.54, 1.807) is 0 Å². The number of carbonyl (C=O) groups excluding carboxylic acids is 1. The molecule has 1 rings (SSSR count). The molecule has 0 aliphatic heterocycles. The van der Waals surface area contributed by atoms with Crippen molar-refractivity contribution in [1.82, 2.24) is 0 Å². The summed E-state index contributed by atoms with van der Waals surface area (Å²) in [4.78, 5) is 11.5. The molecule has 0 spiro atoms. The third-order valence-electron chi connectivity index (χ3n) is 1.88. The van der Waals surface area contributed by atoms with E-state index in [2.05, 4.69) is 4.74 Å². The van der Waals surface area contributed by atoms with Gasteiger partial charge in [0.15, 0.2) is 15.6 Å². The van der Waals surface area contributed by atoms with Crippen LogP contribution in [0, 0.1) is 0 Å². The molecule has 0 heterocycles. The number of rotatable bonds is 4. The molecule has 15 heavy (non-hydrogen) atoms. The van der Waals surface area contributed by atoms with Gasteiger partial charge in [0, 0.05) is 18.9 Å². The van der Waals surface area contributed by atoms with Crippen LogP contribution >= 0.6 is 0 Å². The predicted molar refractivity (Wildman–Crippen MR) is 55.8 cm³/mol. The quantitative estimate of drug-likeness (QED) is 0.719. The van der Waals surface area contributed by atoms with Crippen LogP contribution in [0.2, 0.25) is 0 Å². The summed E-state index contributed by atoms with van der Waals surface area (Å²) >= 11 is 0. The molecule has 1 aromatic rings. The van der Waals surface area contributed by atoms with Crippen molar-refractivity contribution >= 4 is 15.6 Å². The smallest absolute Gasteiger partial charge is 0.188 e. The molecular formula is C10H12O4S. The van der Waals surface area contributed by atoms with Crippen LogP contribution in [-0.4, -0.2) is 34.2 Å². The second-order valence-corrected chi connectivity index (χ2v) is 5.17. The lowest BCUT2D eigenvalue weighted by atomic mass is 10.1. The molecule has 0 fully saturated rings. The second kappa shape index (κ2) is 4.55. The second-order valence-electron chi connectivity index (χ2n) is 3.15. The number of hydrogen-bond acceptors (Lipinski definition) is 4. The summed E-state index contributed by atoms with van der Waals surface area (Å²) in [5.74, 6) is -0.169. The van der Waals surface area contributed by atoms with Crippen LogP contribution in [-0.2, 0) is 14.6 Å². The molecule has 5 heteroatoms. The Kier molecular flexibility index (Phi) is 3.60. The van der Waals surface area contributed by atoms with Crippen molar-refractivity contribution in [1.29, 1.82) is 0 Å². The summed E-state index contributed by atoms with van der Waals surface area (Å²) in [5.41, 5.74) is 0.448. The number of benzene rings is 1. The van der Waals surface area contributed by atoms with E-state index in [0.717, 1.165) is 6.26 Å². The monoisotopic (exact) mass is 228 g/mol. The minimum Gasteiger partial charge on any atom is -0.377 e. The first-order valence-corrected chi connectivity index (χ1v) is 6.16. The lowest BCUT2D eigenvalue weighted by Crippen LogP contribution is -2.07. The van der Waals surface area contributed by atoms with Gasteiger partial charge in [-0.1, -0.05) is 12.1 Å². The number of methoxy groups -OCH3 is 1. The van der Waals surface area contributed by atoms with Gasteiger partial charge in [0.1, 0.15) is 6.61 Å². The Hall–Kier alpha value is -1.20. The molecule has 0 aliphatic carbocycles. The van der Waals surface area contributed by atoms with E-state index < -0.39 is 9.84 Å². The maximum Gasteiger partial charge on any atom is 0.188 e. The molecule has 0 N–H and O–H groups in total. The highest BCUT2D eigenvalue weighted by Gasteiger charge is 2.09. The summed E-state index contributed by atoms with van der Waals surface area (Å²) in [6.07, 6.45) is 1.12. The van der Waals surface area contributed by atoms with Crippen LogP contribution < -0.4 is 0 Å². The lowest BCUT2D eigenvalue weighted by Gasteiger charge is -2.01. The fraction of sp³-hybridized carbons (Fsp3) is 0.300. The third kappa shape index (κ3) is 3.14. The van der Waals surface area contributed by atoms with Crippen LogP contribution in [0.15, 0.2) is 29.2 Å². The molecule has 0 atom stereocenters.